The van der Waals surface area contributed by atoms with Gasteiger partial charge in [0.25, 0.3) is 0 Å². The molecule has 2 aromatic rings. The zero-order valence-electron chi connectivity index (χ0n) is 15.4. The van der Waals surface area contributed by atoms with E-state index in [1.54, 1.807) is 30.3 Å². The molecule has 0 saturated carbocycles. The van der Waals surface area contributed by atoms with Crippen molar-refractivity contribution in [3.8, 4) is 0 Å². The fraction of sp³-hybridized carbons (Fsp3) is 0.316. The van der Waals surface area contributed by atoms with Crippen molar-refractivity contribution in [2.45, 2.75) is 20.8 Å². The molecule has 0 bridgehead atoms. The van der Waals surface area contributed by atoms with E-state index in [0.29, 0.717) is 5.69 Å². The molecule has 0 radical (unpaired) electrons. The van der Waals surface area contributed by atoms with E-state index in [4.69, 9.17) is 11.6 Å². The first-order chi connectivity index (χ1) is 12.3. The molecule has 0 atom stereocenters. The van der Waals surface area contributed by atoms with Crippen molar-refractivity contribution in [1.82, 2.24) is 9.88 Å². The van der Waals surface area contributed by atoms with Gasteiger partial charge in [0, 0.05) is 11.9 Å². The Morgan fingerprint density at radius 2 is 1.65 bits per heavy atom. The Balaban J connectivity index is 1.89. The van der Waals surface area contributed by atoms with Gasteiger partial charge in [-0.1, -0.05) is 29.3 Å². The number of aromatic nitrogens is 1. The Kier molecular flexibility index (Phi) is 6.71. The lowest BCUT2D eigenvalue weighted by atomic mass is 10.1. The summed E-state index contributed by atoms with van der Waals surface area (Å²) in [5, 5.41) is 5.84. The fourth-order valence-corrected chi connectivity index (χ4v) is 2.94. The van der Waals surface area contributed by atoms with E-state index in [1.807, 2.05) is 32.9 Å². The summed E-state index contributed by atoms with van der Waals surface area (Å²) >= 11 is 5.92. The predicted octanol–water partition coefficient (Wildman–Crippen LogP) is 3.17. The van der Waals surface area contributed by atoms with Gasteiger partial charge in [0.05, 0.1) is 18.8 Å². The first-order valence-corrected chi connectivity index (χ1v) is 8.60. The van der Waals surface area contributed by atoms with Crippen molar-refractivity contribution in [3.05, 3.63) is 52.3 Å². The van der Waals surface area contributed by atoms with Gasteiger partial charge in [0.2, 0.25) is 11.8 Å². The third-order valence-electron chi connectivity index (χ3n) is 3.80. The average Bonchev–Trinajstić information content (AvgIpc) is 2.52. The van der Waals surface area contributed by atoms with Crippen LogP contribution in [0.4, 0.5) is 11.4 Å². The lowest BCUT2D eigenvalue weighted by Crippen LogP contribution is -2.36. The molecular formula is C19H23ClN4O2. The second-order valence-corrected chi connectivity index (χ2v) is 6.74. The topological polar surface area (TPSA) is 74.3 Å². The van der Waals surface area contributed by atoms with E-state index in [2.05, 4.69) is 15.6 Å². The van der Waals surface area contributed by atoms with Crippen LogP contribution in [0.15, 0.2) is 30.5 Å². The smallest absolute Gasteiger partial charge is 0.238 e. The van der Waals surface area contributed by atoms with Gasteiger partial charge in [-0.15, -0.1) is 0 Å². The van der Waals surface area contributed by atoms with Crippen molar-refractivity contribution < 1.29 is 9.59 Å². The van der Waals surface area contributed by atoms with E-state index in [-0.39, 0.29) is 30.1 Å². The van der Waals surface area contributed by atoms with Gasteiger partial charge in [-0.3, -0.25) is 14.5 Å². The number of benzene rings is 1. The number of halogens is 1. The SMILES string of the molecule is Cc1cc(C)c(NC(=O)CN(C)CC(=O)Nc2cccnc2Cl)c(C)c1. The number of likely N-dealkylation sites (N-methyl/N-ethyl adjacent to an activating group) is 1. The molecule has 1 heterocycles. The third kappa shape index (κ3) is 5.54. The second kappa shape index (κ2) is 8.78. The molecule has 0 spiro atoms. The number of hydrogen-bond donors (Lipinski definition) is 2. The van der Waals surface area contributed by atoms with Crippen LogP contribution in [0.25, 0.3) is 0 Å². The highest BCUT2D eigenvalue weighted by molar-refractivity contribution is 6.32. The summed E-state index contributed by atoms with van der Waals surface area (Å²) in [4.78, 5) is 29.9. The number of anilines is 2. The lowest BCUT2D eigenvalue weighted by molar-refractivity contribution is -0.119. The normalized spacial score (nSPS) is 10.7. The van der Waals surface area contributed by atoms with Crippen LogP contribution in [0.2, 0.25) is 5.15 Å². The number of amides is 2. The summed E-state index contributed by atoms with van der Waals surface area (Å²) in [5.41, 5.74) is 4.45. The summed E-state index contributed by atoms with van der Waals surface area (Å²) in [6, 6.07) is 7.41. The Labute approximate surface area is 158 Å². The van der Waals surface area contributed by atoms with Crippen LogP contribution in [0.5, 0.6) is 0 Å². The molecule has 0 aliphatic heterocycles. The molecular weight excluding hydrogens is 352 g/mol. The molecule has 0 aliphatic rings. The maximum atomic E-state index is 12.3. The van der Waals surface area contributed by atoms with Crippen LogP contribution in [-0.2, 0) is 9.59 Å². The summed E-state index contributed by atoms with van der Waals surface area (Å²) in [7, 11) is 1.71. The molecule has 2 rings (SSSR count). The van der Waals surface area contributed by atoms with Gasteiger partial charge in [-0.05, 0) is 51.1 Å². The van der Waals surface area contributed by atoms with Gasteiger partial charge in [-0.2, -0.15) is 0 Å². The number of nitrogens with zero attached hydrogens (tertiary/aromatic N) is 2. The highest BCUT2D eigenvalue weighted by Gasteiger charge is 2.14. The minimum absolute atomic E-state index is 0.0600. The molecule has 26 heavy (non-hydrogen) atoms. The Morgan fingerprint density at radius 1 is 1.08 bits per heavy atom. The van der Waals surface area contributed by atoms with Crippen molar-refractivity contribution in [1.29, 1.82) is 0 Å². The molecule has 1 aromatic heterocycles. The lowest BCUT2D eigenvalue weighted by Gasteiger charge is -2.18. The standard InChI is InChI=1S/C19H23ClN4O2/c1-12-8-13(2)18(14(3)9-12)23-17(26)11-24(4)10-16(25)22-15-6-5-7-21-19(15)20/h5-9H,10-11H2,1-4H3,(H,22,25)(H,23,26). The van der Waals surface area contributed by atoms with Crippen molar-refractivity contribution in [3.63, 3.8) is 0 Å². The number of nitrogens with one attached hydrogen (secondary N) is 2. The second-order valence-electron chi connectivity index (χ2n) is 6.38. The van der Waals surface area contributed by atoms with Gasteiger partial charge in [0.15, 0.2) is 5.15 Å². The molecule has 0 aliphatic carbocycles. The molecule has 138 valence electrons. The monoisotopic (exact) mass is 374 g/mol. The van der Waals surface area contributed by atoms with Crippen LogP contribution >= 0.6 is 11.6 Å². The quantitative estimate of drug-likeness (QED) is 0.761. The van der Waals surface area contributed by atoms with Crippen molar-refractivity contribution in [2.24, 2.45) is 0 Å². The number of rotatable bonds is 6. The fourth-order valence-electron chi connectivity index (χ4n) is 2.77. The van der Waals surface area contributed by atoms with E-state index in [0.717, 1.165) is 22.4 Å². The predicted molar refractivity (Wildman–Crippen MR) is 105 cm³/mol. The minimum atomic E-state index is -0.266. The van der Waals surface area contributed by atoms with Gasteiger partial charge in [-0.25, -0.2) is 4.98 Å². The van der Waals surface area contributed by atoms with Gasteiger partial charge < -0.3 is 10.6 Å². The molecule has 2 N–H and O–H groups in total. The first-order valence-electron chi connectivity index (χ1n) is 8.23. The molecule has 1 aromatic carbocycles. The first kappa shape index (κ1) is 19.9. The van der Waals surface area contributed by atoms with Crippen molar-refractivity contribution in [2.75, 3.05) is 30.8 Å². The van der Waals surface area contributed by atoms with Crippen LogP contribution < -0.4 is 10.6 Å². The average molecular weight is 375 g/mol. The van der Waals surface area contributed by atoms with Crippen molar-refractivity contribution >= 4 is 34.8 Å². The van der Waals surface area contributed by atoms with Gasteiger partial charge in [0.1, 0.15) is 0 Å². The number of aryl methyl sites for hydroxylation is 3. The third-order valence-corrected chi connectivity index (χ3v) is 4.10. The highest BCUT2D eigenvalue weighted by atomic mass is 35.5. The zero-order chi connectivity index (χ0) is 19.3. The van der Waals surface area contributed by atoms with Crippen LogP contribution in [0.1, 0.15) is 16.7 Å². The molecule has 7 heteroatoms. The molecule has 6 nitrogen and oxygen atoms in total. The van der Waals surface area contributed by atoms with E-state index >= 15 is 0 Å². The van der Waals surface area contributed by atoms with E-state index in [9.17, 15) is 9.59 Å². The van der Waals surface area contributed by atoms with Crippen LogP contribution in [0.3, 0.4) is 0 Å². The summed E-state index contributed by atoms with van der Waals surface area (Å²) in [6.45, 7) is 6.10. The number of pyridine rings is 1. The largest absolute Gasteiger partial charge is 0.324 e. The number of carbonyl (C=O) groups is 2. The highest BCUT2D eigenvalue weighted by Crippen LogP contribution is 2.22. The summed E-state index contributed by atoms with van der Waals surface area (Å²) in [6.07, 6.45) is 1.55. The van der Waals surface area contributed by atoms with Crippen LogP contribution in [-0.4, -0.2) is 41.8 Å². The van der Waals surface area contributed by atoms with Crippen LogP contribution in [0, 0.1) is 20.8 Å². The Morgan fingerprint density at radius 3 is 2.23 bits per heavy atom. The van der Waals surface area contributed by atoms with Gasteiger partial charge >= 0.3 is 0 Å². The number of hydrogen-bond acceptors (Lipinski definition) is 4. The minimum Gasteiger partial charge on any atom is -0.324 e. The van der Waals surface area contributed by atoms with E-state index < -0.39 is 0 Å². The Bertz CT molecular complexity index is 800. The maximum absolute atomic E-state index is 12.3. The summed E-state index contributed by atoms with van der Waals surface area (Å²) < 4.78 is 0. The molecule has 2 amide bonds. The number of carbonyl (C=O) groups excluding carboxylic acids is 2. The molecule has 0 unspecified atom stereocenters. The maximum Gasteiger partial charge on any atom is 0.238 e. The molecule has 0 saturated heterocycles. The van der Waals surface area contributed by atoms with E-state index in [1.165, 1.54) is 0 Å². The molecule has 0 fully saturated rings. The summed E-state index contributed by atoms with van der Waals surface area (Å²) in [5.74, 6) is -0.437. The Hall–Kier alpha value is -2.44. The zero-order valence-corrected chi connectivity index (χ0v) is 16.1.